The molecule has 0 radical (unpaired) electrons. The van der Waals surface area contributed by atoms with Crippen molar-refractivity contribution in [2.24, 2.45) is 7.05 Å². The van der Waals surface area contributed by atoms with Crippen molar-refractivity contribution in [3.63, 3.8) is 0 Å². The van der Waals surface area contributed by atoms with Crippen molar-refractivity contribution in [1.82, 2.24) is 9.88 Å². The largest absolute Gasteiger partial charge is 0.348 e. The number of fused-ring (bicyclic) bond motifs is 1. The van der Waals surface area contributed by atoms with Gasteiger partial charge < -0.3 is 9.88 Å². The van der Waals surface area contributed by atoms with Crippen LogP contribution in [0.5, 0.6) is 0 Å². The topological polar surface area (TPSA) is 34.0 Å². The Morgan fingerprint density at radius 2 is 2.04 bits per heavy atom. The van der Waals surface area contributed by atoms with Crippen molar-refractivity contribution in [3.05, 3.63) is 70.1 Å². The number of rotatable bonds is 3. The van der Waals surface area contributed by atoms with E-state index in [0.717, 1.165) is 16.5 Å². The normalized spacial score (nSPS) is 11.0. The van der Waals surface area contributed by atoms with E-state index in [4.69, 9.17) is 11.6 Å². The molecule has 23 heavy (non-hydrogen) atoms. The zero-order valence-electron chi connectivity index (χ0n) is 12.9. The van der Waals surface area contributed by atoms with Crippen molar-refractivity contribution in [2.45, 2.75) is 13.5 Å². The molecule has 1 aromatic heterocycles. The average molecular weight is 331 g/mol. The number of carbonyl (C=O) groups is 1. The van der Waals surface area contributed by atoms with Gasteiger partial charge in [0, 0.05) is 30.2 Å². The molecule has 2 aromatic carbocycles. The fourth-order valence-corrected chi connectivity index (χ4v) is 2.88. The molecule has 0 fully saturated rings. The lowest BCUT2D eigenvalue weighted by molar-refractivity contribution is 0.0947. The van der Waals surface area contributed by atoms with Gasteiger partial charge in [-0.1, -0.05) is 23.7 Å². The summed E-state index contributed by atoms with van der Waals surface area (Å²) < 4.78 is 15.8. The maximum atomic E-state index is 13.7. The van der Waals surface area contributed by atoms with E-state index < -0.39 is 11.7 Å². The van der Waals surface area contributed by atoms with E-state index in [1.165, 1.54) is 23.9 Å². The minimum Gasteiger partial charge on any atom is -0.348 e. The number of nitrogens with zero attached hydrogens (tertiary/aromatic N) is 1. The number of amides is 1. The summed E-state index contributed by atoms with van der Waals surface area (Å²) in [6.07, 6.45) is 0. The van der Waals surface area contributed by atoms with E-state index in [9.17, 15) is 9.18 Å². The Bertz CT molecular complexity index is 881. The number of hydrogen-bond acceptors (Lipinski definition) is 1. The molecular weight excluding hydrogens is 315 g/mol. The van der Waals surface area contributed by atoms with Crippen molar-refractivity contribution in [3.8, 4) is 0 Å². The number of aromatic nitrogens is 1. The predicted molar refractivity (Wildman–Crippen MR) is 90.2 cm³/mol. The molecule has 1 heterocycles. The maximum Gasteiger partial charge on any atom is 0.256 e. The van der Waals surface area contributed by atoms with Crippen LogP contribution < -0.4 is 5.32 Å². The molecule has 3 rings (SSSR count). The van der Waals surface area contributed by atoms with Gasteiger partial charge in [0.2, 0.25) is 0 Å². The fraction of sp³-hybridized carbons (Fsp3) is 0.167. The van der Waals surface area contributed by atoms with Crippen molar-refractivity contribution < 1.29 is 9.18 Å². The number of hydrogen-bond donors (Lipinski definition) is 1. The van der Waals surface area contributed by atoms with Gasteiger partial charge in [-0.15, -0.1) is 0 Å². The molecule has 0 bridgehead atoms. The van der Waals surface area contributed by atoms with Crippen molar-refractivity contribution >= 4 is 28.4 Å². The third-order valence-electron chi connectivity index (χ3n) is 3.99. The van der Waals surface area contributed by atoms with E-state index in [2.05, 4.69) is 16.0 Å². The number of carbonyl (C=O) groups excluding carboxylic acids is 1. The van der Waals surface area contributed by atoms with Crippen LogP contribution in [-0.4, -0.2) is 10.5 Å². The molecule has 0 saturated heterocycles. The summed E-state index contributed by atoms with van der Waals surface area (Å²) in [6.45, 7) is 2.36. The molecule has 0 aliphatic heterocycles. The van der Waals surface area contributed by atoms with Gasteiger partial charge in [0.05, 0.1) is 10.6 Å². The number of halogens is 2. The van der Waals surface area contributed by atoms with Gasteiger partial charge in [0.15, 0.2) is 0 Å². The van der Waals surface area contributed by atoms with Gasteiger partial charge in [-0.05, 0) is 42.8 Å². The maximum absolute atomic E-state index is 13.7. The van der Waals surface area contributed by atoms with Crippen molar-refractivity contribution in [1.29, 1.82) is 0 Å². The molecule has 1 N–H and O–H groups in total. The quantitative estimate of drug-likeness (QED) is 0.767. The SMILES string of the molecule is Cc1cc2cc(CNC(=O)c3c(F)cccc3Cl)ccc2n1C. The zero-order chi connectivity index (χ0) is 16.6. The molecule has 0 spiro atoms. The van der Waals surface area contributed by atoms with E-state index in [1.54, 1.807) is 0 Å². The first-order valence-corrected chi connectivity index (χ1v) is 7.62. The zero-order valence-corrected chi connectivity index (χ0v) is 13.6. The summed E-state index contributed by atoms with van der Waals surface area (Å²) >= 11 is 5.90. The highest BCUT2D eigenvalue weighted by molar-refractivity contribution is 6.33. The van der Waals surface area contributed by atoms with Gasteiger partial charge >= 0.3 is 0 Å². The van der Waals surface area contributed by atoms with Crippen LogP contribution in [0.15, 0.2) is 42.5 Å². The highest BCUT2D eigenvalue weighted by atomic mass is 35.5. The molecule has 0 saturated carbocycles. The summed E-state index contributed by atoms with van der Waals surface area (Å²) in [7, 11) is 2.01. The lowest BCUT2D eigenvalue weighted by atomic mass is 10.1. The first kappa shape index (κ1) is 15.6. The smallest absolute Gasteiger partial charge is 0.256 e. The van der Waals surface area contributed by atoms with Crippen LogP contribution in [0.4, 0.5) is 4.39 Å². The number of aryl methyl sites for hydroxylation is 2. The van der Waals surface area contributed by atoms with Gasteiger partial charge in [-0.25, -0.2) is 4.39 Å². The van der Waals surface area contributed by atoms with Gasteiger partial charge in [-0.2, -0.15) is 0 Å². The Morgan fingerprint density at radius 1 is 1.26 bits per heavy atom. The van der Waals surface area contributed by atoms with Crippen LogP contribution in [-0.2, 0) is 13.6 Å². The van der Waals surface area contributed by atoms with E-state index in [1.807, 2.05) is 32.2 Å². The van der Waals surface area contributed by atoms with Gasteiger partial charge in [0.1, 0.15) is 5.82 Å². The number of benzene rings is 2. The molecule has 5 heteroatoms. The van der Waals surface area contributed by atoms with Crippen LogP contribution in [0.3, 0.4) is 0 Å². The minimum absolute atomic E-state index is 0.108. The standard InChI is InChI=1S/C18H16ClFN2O/c1-11-8-13-9-12(6-7-16(13)22(11)2)10-21-18(23)17-14(19)4-3-5-15(17)20/h3-9H,10H2,1-2H3,(H,21,23). The third-order valence-corrected chi connectivity index (χ3v) is 4.30. The van der Waals surface area contributed by atoms with Crippen molar-refractivity contribution in [2.75, 3.05) is 0 Å². The second kappa shape index (κ2) is 6.05. The average Bonchev–Trinajstić information content (AvgIpc) is 2.79. The predicted octanol–water partition coefficient (Wildman–Crippen LogP) is 4.21. The first-order valence-electron chi connectivity index (χ1n) is 7.24. The molecule has 1 amide bonds. The van der Waals surface area contributed by atoms with Crippen LogP contribution in [0, 0.1) is 12.7 Å². The van der Waals surface area contributed by atoms with Gasteiger partial charge in [0.25, 0.3) is 5.91 Å². The molecule has 0 unspecified atom stereocenters. The summed E-state index contributed by atoms with van der Waals surface area (Å²) in [5.41, 5.74) is 3.13. The molecule has 118 valence electrons. The molecule has 0 atom stereocenters. The highest BCUT2D eigenvalue weighted by Gasteiger charge is 2.15. The summed E-state index contributed by atoms with van der Waals surface area (Å²) in [5.74, 6) is -1.14. The van der Waals surface area contributed by atoms with Crippen LogP contribution in [0.25, 0.3) is 10.9 Å². The lowest BCUT2D eigenvalue weighted by Gasteiger charge is -2.08. The minimum atomic E-state index is -0.621. The summed E-state index contributed by atoms with van der Waals surface area (Å²) in [5, 5.41) is 3.93. The Kier molecular flexibility index (Phi) is 4.09. The third kappa shape index (κ3) is 2.94. The van der Waals surface area contributed by atoms with E-state index in [0.29, 0.717) is 6.54 Å². The summed E-state index contributed by atoms with van der Waals surface area (Å²) in [6, 6.07) is 12.3. The Labute approximate surface area is 138 Å². The second-order valence-corrected chi connectivity index (χ2v) is 5.92. The fourth-order valence-electron chi connectivity index (χ4n) is 2.63. The van der Waals surface area contributed by atoms with Crippen LogP contribution in [0.2, 0.25) is 5.02 Å². The Balaban J connectivity index is 1.79. The number of nitrogens with one attached hydrogen (secondary N) is 1. The van der Waals surface area contributed by atoms with Crippen LogP contribution >= 0.6 is 11.6 Å². The monoisotopic (exact) mass is 330 g/mol. The molecule has 3 nitrogen and oxygen atoms in total. The van der Waals surface area contributed by atoms with Gasteiger partial charge in [-0.3, -0.25) is 4.79 Å². The molecular formula is C18H16ClFN2O. The van der Waals surface area contributed by atoms with E-state index >= 15 is 0 Å². The van der Waals surface area contributed by atoms with E-state index in [-0.39, 0.29) is 10.6 Å². The lowest BCUT2D eigenvalue weighted by Crippen LogP contribution is -2.24. The molecule has 3 aromatic rings. The molecule has 0 aliphatic rings. The molecule has 0 aliphatic carbocycles. The summed E-state index contributed by atoms with van der Waals surface area (Å²) in [4.78, 5) is 12.1. The Morgan fingerprint density at radius 3 is 2.78 bits per heavy atom. The second-order valence-electron chi connectivity index (χ2n) is 5.52. The van der Waals surface area contributed by atoms with Crippen LogP contribution in [0.1, 0.15) is 21.6 Å². The Hall–Kier alpha value is -2.33. The first-order chi connectivity index (χ1) is 11.0. The highest BCUT2D eigenvalue weighted by Crippen LogP contribution is 2.21.